The average Bonchev–Trinajstić information content (AvgIpc) is 3.27. The molecule has 2 fully saturated rings. The zero-order valence-electron chi connectivity index (χ0n) is 22.4. The first-order valence-corrected chi connectivity index (χ1v) is 14.3. The summed E-state index contributed by atoms with van der Waals surface area (Å²) >= 11 is 3.62. The highest BCUT2D eigenvalue weighted by atomic mass is 79.9. The number of carbonyl (C=O) groups excluding carboxylic acids is 3. The van der Waals surface area contributed by atoms with Crippen molar-refractivity contribution in [2.24, 2.45) is 5.92 Å². The largest absolute Gasteiger partial charge is 0.496 e. The van der Waals surface area contributed by atoms with E-state index in [1.54, 1.807) is 13.2 Å². The summed E-state index contributed by atoms with van der Waals surface area (Å²) in [6.45, 7) is 5.53. The van der Waals surface area contributed by atoms with Gasteiger partial charge in [-0.25, -0.2) is 0 Å². The first kappa shape index (κ1) is 27.6. The molecule has 1 aliphatic carbocycles. The van der Waals surface area contributed by atoms with Gasteiger partial charge < -0.3 is 25.0 Å². The van der Waals surface area contributed by atoms with Gasteiger partial charge in [0.05, 0.1) is 26.9 Å². The number of carbonyl (C=O) groups is 3. The van der Waals surface area contributed by atoms with E-state index in [1.165, 1.54) is 0 Å². The number of halogens is 1. The van der Waals surface area contributed by atoms with Crippen LogP contribution in [0.3, 0.4) is 0 Å². The first-order chi connectivity index (χ1) is 18.8. The van der Waals surface area contributed by atoms with Crippen molar-refractivity contribution >= 4 is 45.0 Å². The van der Waals surface area contributed by atoms with Crippen molar-refractivity contribution in [3.05, 3.63) is 51.5 Å². The van der Waals surface area contributed by atoms with E-state index in [1.807, 2.05) is 36.1 Å². The maximum atomic E-state index is 13.4. The van der Waals surface area contributed by atoms with Gasteiger partial charge in [0.15, 0.2) is 0 Å². The Balaban J connectivity index is 1.16. The SMILES string of the molecule is COc1cc(NC(=O)C2CCC(N3Cc4c(Br)cc(NC(=O)CN5CCOCC5)cc4C3=O)CC2)ccc1C. The van der Waals surface area contributed by atoms with Gasteiger partial charge in [0.25, 0.3) is 5.91 Å². The molecule has 0 atom stereocenters. The maximum absolute atomic E-state index is 13.4. The smallest absolute Gasteiger partial charge is 0.254 e. The zero-order chi connectivity index (χ0) is 27.5. The maximum Gasteiger partial charge on any atom is 0.254 e. The molecular formula is C29H35BrN4O5. The van der Waals surface area contributed by atoms with Crippen LogP contribution in [-0.4, -0.2) is 73.5 Å². The number of hydrogen-bond acceptors (Lipinski definition) is 6. The van der Waals surface area contributed by atoms with Crippen molar-refractivity contribution in [1.29, 1.82) is 0 Å². The van der Waals surface area contributed by atoms with Crippen LogP contribution in [0.2, 0.25) is 0 Å². The Morgan fingerprint density at radius 2 is 1.79 bits per heavy atom. The minimum absolute atomic E-state index is 0.00981. The predicted octanol–water partition coefficient (Wildman–Crippen LogP) is 4.19. The van der Waals surface area contributed by atoms with E-state index in [2.05, 4.69) is 31.5 Å². The van der Waals surface area contributed by atoms with Gasteiger partial charge in [0, 0.05) is 59.1 Å². The minimum Gasteiger partial charge on any atom is -0.496 e. The number of ether oxygens (including phenoxy) is 2. The van der Waals surface area contributed by atoms with Crippen molar-refractivity contribution in [3.63, 3.8) is 0 Å². The number of amides is 3. The highest BCUT2D eigenvalue weighted by Crippen LogP contribution is 2.38. The summed E-state index contributed by atoms with van der Waals surface area (Å²) in [7, 11) is 1.62. The van der Waals surface area contributed by atoms with E-state index < -0.39 is 0 Å². The Hall–Kier alpha value is -2.95. The van der Waals surface area contributed by atoms with Gasteiger partial charge in [0.1, 0.15) is 5.75 Å². The molecule has 9 nitrogen and oxygen atoms in total. The van der Waals surface area contributed by atoms with Crippen molar-refractivity contribution in [1.82, 2.24) is 9.80 Å². The zero-order valence-corrected chi connectivity index (χ0v) is 24.0. The highest BCUT2D eigenvalue weighted by Gasteiger charge is 2.37. The fraction of sp³-hybridized carbons (Fsp3) is 0.483. The minimum atomic E-state index is -0.105. The van der Waals surface area contributed by atoms with Crippen molar-refractivity contribution in [2.75, 3.05) is 50.6 Å². The van der Waals surface area contributed by atoms with Crippen LogP contribution in [0.25, 0.3) is 0 Å². The molecule has 3 amide bonds. The lowest BCUT2D eigenvalue weighted by atomic mass is 9.84. The standard InChI is InChI=1S/C29H35BrN4O5/c1-18-3-6-20(15-26(18)38-2)32-28(36)19-4-7-22(8-5-19)34-16-24-23(29(34)37)13-21(14-25(24)30)31-27(35)17-33-9-11-39-12-10-33/h3,6,13-15,19,22H,4-5,7-12,16-17H2,1-2H3,(H,31,35)(H,32,36). The molecule has 5 rings (SSSR count). The van der Waals surface area contributed by atoms with E-state index in [0.29, 0.717) is 37.6 Å². The van der Waals surface area contributed by atoms with Crippen LogP contribution in [0.1, 0.15) is 47.2 Å². The first-order valence-electron chi connectivity index (χ1n) is 13.5. The van der Waals surface area contributed by atoms with Crippen LogP contribution in [-0.2, 0) is 20.9 Å². The third kappa shape index (κ3) is 6.28. The Kier molecular flexibility index (Phi) is 8.54. The van der Waals surface area contributed by atoms with E-state index in [-0.39, 0.29) is 29.7 Å². The van der Waals surface area contributed by atoms with Crippen LogP contribution in [0.5, 0.6) is 5.75 Å². The number of nitrogens with one attached hydrogen (secondary N) is 2. The molecule has 208 valence electrons. The molecule has 1 saturated heterocycles. The third-order valence-corrected chi connectivity index (χ3v) is 8.66. The molecule has 3 aliphatic rings. The molecule has 2 aromatic rings. The number of hydrogen-bond donors (Lipinski definition) is 2. The van der Waals surface area contributed by atoms with Gasteiger partial charge in [-0.1, -0.05) is 22.0 Å². The number of rotatable bonds is 7. The fourth-order valence-electron chi connectivity index (χ4n) is 5.71. The summed E-state index contributed by atoms with van der Waals surface area (Å²) in [5, 5.41) is 5.97. The number of aryl methyl sites for hydroxylation is 1. The quantitative estimate of drug-likeness (QED) is 0.496. The summed E-state index contributed by atoms with van der Waals surface area (Å²) in [5.74, 6) is 0.542. The van der Waals surface area contributed by atoms with E-state index in [0.717, 1.165) is 65.8 Å². The van der Waals surface area contributed by atoms with Gasteiger partial charge >= 0.3 is 0 Å². The number of benzene rings is 2. The molecule has 2 aromatic carbocycles. The Morgan fingerprint density at radius 3 is 2.51 bits per heavy atom. The second kappa shape index (κ2) is 12.1. The van der Waals surface area contributed by atoms with Crippen LogP contribution < -0.4 is 15.4 Å². The van der Waals surface area contributed by atoms with Crippen LogP contribution in [0.4, 0.5) is 11.4 Å². The monoisotopic (exact) mass is 598 g/mol. The van der Waals surface area contributed by atoms with Gasteiger partial charge in [-0.2, -0.15) is 0 Å². The van der Waals surface area contributed by atoms with E-state index in [9.17, 15) is 14.4 Å². The van der Waals surface area contributed by atoms with Gasteiger partial charge in [0.2, 0.25) is 11.8 Å². The van der Waals surface area contributed by atoms with Crippen LogP contribution >= 0.6 is 15.9 Å². The topological polar surface area (TPSA) is 100 Å². The molecule has 0 spiro atoms. The average molecular weight is 600 g/mol. The summed E-state index contributed by atoms with van der Waals surface area (Å²) < 4.78 is 11.5. The van der Waals surface area contributed by atoms with Gasteiger partial charge in [-0.15, -0.1) is 0 Å². The Labute approximate surface area is 237 Å². The van der Waals surface area contributed by atoms with E-state index in [4.69, 9.17) is 9.47 Å². The lowest BCUT2D eigenvalue weighted by Gasteiger charge is -2.34. The predicted molar refractivity (Wildman–Crippen MR) is 152 cm³/mol. The Bertz CT molecular complexity index is 1250. The normalized spacial score (nSPS) is 21.4. The summed E-state index contributed by atoms with van der Waals surface area (Å²) in [6, 6.07) is 9.40. The van der Waals surface area contributed by atoms with Crippen molar-refractivity contribution in [2.45, 2.75) is 45.2 Å². The molecule has 1 saturated carbocycles. The molecule has 10 heteroatoms. The molecule has 2 aliphatic heterocycles. The summed E-state index contributed by atoms with van der Waals surface area (Å²) in [4.78, 5) is 42.9. The number of nitrogens with zero attached hydrogens (tertiary/aromatic N) is 2. The highest BCUT2D eigenvalue weighted by molar-refractivity contribution is 9.10. The third-order valence-electron chi connectivity index (χ3n) is 7.95. The van der Waals surface area contributed by atoms with Crippen LogP contribution in [0, 0.1) is 12.8 Å². The molecule has 0 radical (unpaired) electrons. The number of fused-ring (bicyclic) bond motifs is 1. The number of morpholine rings is 1. The molecule has 2 N–H and O–H groups in total. The molecule has 39 heavy (non-hydrogen) atoms. The fourth-order valence-corrected chi connectivity index (χ4v) is 6.29. The lowest BCUT2D eigenvalue weighted by Crippen LogP contribution is -2.41. The number of anilines is 2. The molecule has 0 aromatic heterocycles. The molecule has 0 unspecified atom stereocenters. The molecular weight excluding hydrogens is 564 g/mol. The molecule has 2 heterocycles. The second-order valence-corrected chi connectivity index (χ2v) is 11.4. The van der Waals surface area contributed by atoms with Crippen molar-refractivity contribution < 1.29 is 23.9 Å². The van der Waals surface area contributed by atoms with E-state index >= 15 is 0 Å². The van der Waals surface area contributed by atoms with Crippen molar-refractivity contribution in [3.8, 4) is 5.75 Å². The lowest BCUT2D eigenvalue weighted by molar-refractivity contribution is -0.121. The van der Waals surface area contributed by atoms with Gasteiger partial charge in [-0.3, -0.25) is 19.3 Å². The summed E-state index contributed by atoms with van der Waals surface area (Å²) in [6.07, 6.45) is 3.00. The Morgan fingerprint density at radius 1 is 1.05 bits per heavy atom. The second-order valence-electron chi connectivity index (χ2n) is 10.5. The molecule has 0 bridgehead atoms. The van der Waals surface area contributed by atoms with Gasteiger partial charge in [-0.05, 0) is 61.9 Å². The summed E-state index contributed by atoms with van der Waals surface area (Å²) in [5.41, 5.74) is 3.93. The number of methoxy groups -OCH3 is 1. The van der Waals surface area contributed by atoms with Crippen LogP contribution in [0.15, 0.2) is 34.8 Å².